The number of hydrogen-bond donors (Lipinski definition) is 2. The van der Waals surface area contributed by atoms with Crippen LogP contribution in [0.5, 0.6) is 0 Å². The summed E-state index contributed by atoms with van der Waals surface area (Å²) < 4.78 is 3.09. The smallest absolute Gasteiger partial charge is 0.310 e. The van der Waals surface area contributed by atoms with Crippen LogP contribution in [0.25, 0.3) is 0 Å². The molecule has 1 aromatic carbocycles. The first-order valence-corrected chi connectivity index (χ1v) is 8.78. The first-order valence-electron chi connectivity index (χ1n) is 5.54. The Hall–Kier alpha value is 0.640. The van der Waals surface area contributed by atoms with Crippen LogP contribution < -0.4 is 5.32 Å². The van der Waals surface area contributed by atoms with E-state index >= 15 is 0 Å². The predicted molar refractivity (Wildman–Crippen MR) is 103 cm³/mol. The first kappa shape index (κ1) is 17.7. The topological polar surface area (TPSA) is 52.6 Å². The van der Waals surface area contributed by atoms with E-state index in [1.165, 1.54) is 0 Å². The molecule has 0 heterocycles. The zero-order valence-electron chi connectivity index (χ0n) is 10.8. The number of benzene rings is 1. The van der Waals surface area contributed by atoms with E-state index in [0.29, 0.717) is 6.67 Å². The zero-order valence-corrected chi connectivity index (χ0v) is 17.3. The molecule has 1 unspecified atom stereocenters. The van der Waals surface area contributed by atoms with Gasteiger partial charge in [0, 0.05) is 10.7 Å². The third kappa shape index (κ3) is 4.56. The van der Waals surface area contributed by atoms with Gasteiger partial charge in [-0.3, -0.25) is 9.69 Å². The van der Waals surface area contributed by atoms with Crippen LogP contribution >= 0.6 is 67.8 Å². The summed E-state index contributed by atoms with van der Waals surface area (Å²) in [6.45, 7) is 2.44. The van der Waals surface area contributed by atoms with Gasteiger partial charge in [-0.2, -0.15) is 0 Å². The maximum absolute atomic E-state index is 11.2. The van der Waals surface area contributed by atoms with Crippen molar-refractivity contribution in [3.63, 3.8) is 0 Å². The van der Waals surface area contributed by atoms with Gasteiger partial charge < -0.3 is 10.4 Å². The molecule has 0 amide bonds. The van der Waals surface area contributed by atoms with Crippen LogP contribution in [0.3, 0.4) is 0 Å². The molecule has 106 valence electrons. The monoisotopic (exact) mass is 600 g/mol. The SMILES string of the molecule is CC(C(=O)O)c1c(I)cc(I)c(NCN(C)C)c1I. The molecular formula is C12H15I3N2O2. The molecular weight excluding hydrogens is 585 g/mol. The minimum atomic E-state index is -0.796. The fourth-order valence-corrected chi connectivity index (χ4v) is 6.21. The Morgan fingerprint density at radius 2 is 1.95 bits per heavy atom. The third-order valence-corrected chi connectivity index (χ3v) is 5.44. The molecule has 2 N–H and O–H groups in total. The Labute approximate surface area is 154 Å². The number of anilines is 1. The number of halogens is 3. The highest BCUT2D eigenvalue weighted by Crippen LogP contribution is 2.35. The molecule has 0 saturated heterocycles. The molecule has 1 atom stereocenters. The van der Waals surface area contributed by atoms with Gasteiger partial charge in [0.1, 0.15) is 0 Å². The van der Waals surface area contributed by atoms with E-state index in [4.69, 9.17) is 0 Å². The Morgan fingerprint density at radius 3 is 2.42 bits per heavy atom. The number of nitrogens with one attached hydrogen (secondary N) is 1. The fraction of sp³-hybridized carbons (Fsp3) is 0.417. The van der Waals surface area contributed by atoms with Crippen LogP contribution in [-0.2, 0) is 4.79 Å². The van der Waals surface area contributed by atoms with Crippen molar-refractivity contribution in [2.24, 2.45) is 0 Å². The lowest BCUT2D eigenvalue weighted by molar-refractivity contribution is -0.138. The molecule has 0 radical (unpaired) electrons. The average Bonchev–Trinajstić information content (AvgIpc) is 2.27. The van der Waals surface area contributed by atoms with Crippen LogP contribution in [0, 0.1) is 10.7 Å². The van der Waals surface area contributed by atoms with Gasteiger partial charge in [-0.15, -0.1) is 0 Å². The normalized spacial score (nSPS) is 12.6. The Balaban J connectivity index is 3.26. The number of carboxylic acids is 1. The van der Waals surface area contributed by atoms with Gasteiger partial charge in [-0.25, -0.2) is 0 Å². The lowest BCUT2D eigenvalue weighted by atomic mass is 10.0. The van der Waals surface area contributed by atoms with Crippen LogP contribution in [0.15, 0.2) is 6.07 Å². The van der Waals surface area contributed by atoms with Crippen molar-refractivity contribution >= 4 is 79.4 Å². The second-order valence-corrected chi connectivity index (χ2v) is 7.82. The summed E-state index contributed by atoms with van der Waals surface area (Å²) >= 11 is 6.72. The standard InChI is InChI=1S/C12H15I3N2O2/c1-6(12(18)19)9-7(13)4-8(14)11(10(9)15)16-5-17(2)3/h4,6,16H,5H2,1-3H3,(H,18,19). The maximum atomic E-state index is 11.2. The summed E-state index contributed by atoms with van der Waals surface area (Å²) in [6.07, 6.45) is 0. The molecule has 0 aliphatic rings. The summed E-state index contributed by atoms with van der Waals surface area (Å²) in [6, 6.07) is 2.02. The Kier molecular flexibility index (Phi) is 7.07. The van der Waals surface area contributed by atoms with Crippen molar-refractivity contribution in [3.8, 4) is 0 Å². The van der Waals surface area contributed by atoms with E-state index in [2.05, 4.69) is 73.1 Å². The number of carbonyl (C=O) groups is 1. The number of carboxylic acid groups (broad SMARTS) is 1. The minimum Gasteiger partial charge on any atom is -0.481 e. The molecule has 0 bridgehead atoms. The summed E-state index contributed by atoms with van der Waals surface area (Å²) in [7, 11) is 3.97. The Bertz CT molecular complexity index is 492. The van der Waals surface area contributed by atoms with Crippen LogP contribution in [0.1, 0.15) is 18.4 Å². The van der Waals surface area contributed by atoms with Crippen molar-refractivity contribution in [3.05, 3.63) is 22.3 Å². The highest BCUT2D eigenvalue weighted by atomic mass is 127. The van der Waals surface area contributed by atoms with Gasteiger partial charge in [0.25, 0.3) is 0 Å². The predicted octanol–water partition coefficient (Wildman–Crippen LogP) is 3.62. The molecule has 1 rings (SSSR count). The Morgan fingerprint density at radius 1 is 1.37 bits per heavy atom. The van der Waals surface area contributed by atoms with E-state index < -0.39 is 11.9 Å². The molecule has 19 heavy (non-hydrogen) atoms. The van der Waals surface area contributed by atoms with Gasteiger partial charge in [-0.05, 0) is 100 Å². The lowest BCUT2D eigenvalue weighted by Crippen LogP contribution is -2.22. The summed E-state index contributed by atoms with van der Waals surface area (Å²) in [5.41, 5.74) is 1.90. The number of hydrogen-bond acceptors (Lipinski definition) is 3. The molecule has 0 fully saturated rings. The van der Waals surface area contributed by atoms with Crippen LogP contribution in [-0.4, -0.2) is 36.7 Å². The van der Waals surface area contributed by atoms with E-state index in [1.54, 1.807) is 6.92 Å². The summed E-state index contributed by atoms with van der Waals surface area (Å²) in [5, 5.41) is 12.6. The van der Waals surface area contributed by atoms with E-state index in [1.807, 2.05) is 25.1 Å². The molecule has 0 aromatic heterocycles. The second kappa shape index (κ2) is 7.59. The highest BCUT2D eigenvalue weighted by molar-refractivity contribution is 14.1. The minimum absolute atomic E-state index is 0.504. The number of aliphatic carboxylic acids is 1. The molecule has 0 aliphatic heterocycles. The molecule has 4 nitrogen and oxygen atoms in total. The fourth-order valence-electron chi connectivity index (χ4n) is 1.53. The highest BCUT2D eigenvalue weighted by Gasteiger charge is 2.23. The lowest BCUT2D eigenvalue weighted by Gasteiger charge is -2.20. The quantitative estimate of drug-likeness (QED) is 0.401. The molecule has 7 heteroatoms. The van der Waals surface area contributed by atoms with Gasteiger partial charge in [0.05, 0.1) is 18.3 Å². The van der Waals surface area contributed by atoms with Crippen LogP contribution in [0.2, 0.25) is 0 Å². The number of nitrogens with zero attached hydrogens (tertiary/aromatic N) is 1. The molecule has 0 saturated carbocycles. The largest absolute Gasteiger partial charge is 0.481 e. The zero-order chi connectivity index (χ0) is 14.7. The van der Waals surface area contributed by atoms with Gasteiger partial charge in [-0.1, -0.05) is 0 Å². The molecule has 1 aromatic rings. The van der Waals surface area contributed by atoms with Crippen molar-refractivity contribution in [1.29, 1.82) is 0 Å². The second-order valence-electron chi connectivity index (χ2n) is 4.42. The third-order valence-electron chi connectivity index (χ3n) is 2.58. The summed E-state index contributed by atoms with van der Waals surface area (Å²) in [5.74, 6) is -1.30. The van der Waals surface area contributed by atoms with Crippen molar-refractivity contribution in [2.75, 3.05) is 26.1 Å². The number of rotatable bonds is 5. The van der Waals surface area contributed by atoms with Crippen molar-refractivity contribution in [1.82, 2.24) is 4.90 Å². The van der Waals surface area contributed by atoms with Gasteiger partial charge >= 0.3 is 5.97 Å². The van der Waals surface area contributed by atoms with Gasteiger partial charge in [0.15, 0.2) is 0 Å². The van der Waals surface area contributed by atoms with E-state index in [9.17, 15) is 9.90 Å². The summed E-state index contributed by atoms with van der Waals surface area (Å²) in [4.78, 5) is 13.3. The van der Waals surface area contributed by atoms with E-state index in [0.717, 1.165) is 22.0 Å². The van der Waals surface area contributed by atoms with Crippen molar-refractivity contribution in [2.45, 2.75) is 12.8 Å². The maximum Gasteiger partial charge on any atom is 0.310 e. The van der Waals surface area contributed by atoms with E-state index in [-0.39, 0.29) is 0 Å². The molecule has 0 spiro atoms. The first-order chi connectivity index (χ1) is 8.75. The van der Waals surface area contributed by atoms with Crippen LogP contribution in [0.4, 0.5) is 5.69 Å². The molecule has 0 aliphatic carbocycles. The average molecular weight is 600 g/mol. The van der Waals surface area contributed by atoms with Crippen molar-refractivity contribution < 1.29 is 9.90 Å². The van der Waals surface area contributed by atoms with Gasteiger partial charge in [0.2, 0.25) is 0 Å².